The molecule has 1 fully saturated rings. The van der Waals surface area contributed by atoms with Crippen molar-refractivity contribution in [3.63, 3.8) is 0 Å². The van der Waals surface area contributed by atoms with E-state index in [0.29, 0.717) is 12.6 Å². The Morgan fingerprint density at radius 3 is 3.20 bits per heavy atom. The maximum Gasteiger partial charge on any atom is 0.185 e. The molecule has 4 nitrogen and oxygen atoms in total. The molecule has 2 rings (SSSR count). The zero-order valence-electron chi connectivity index (χ0n) is 8.98. The lowest BCUT2D eigenvalue weighted by Gasteiger charge is -2.19. The summed E-state index contributed by atoms with van der Waals surface area (Å²) in [6.45, 7) is 2.41. The lowest BCUT2D eigenvalue weighted by Crippen LogP contribution is -2.28. The molecule has 1 aromatic rings. The molecule has 1 saturated heterocycles. The Labute approximate surface area is 94.1 Å². The highest BCUT2D eigenvalue weighted by Gasteiger charge is 2.18. The van der Waals surface area contributed by atoms with Crippen molar-refractivity contribution in [1.82, 2.24) is 4.98 Å². The number of ether oxygens (including phenoxy) is 1. The minimum absolute atomic E-state index is 0.375. The molecule has 15 heavy (non-hydrogen) atoms. The molecule has 0 aromatic carbocycles. The van der Waals surface area contributed by atoms with Crippen LogP contribution in [0.15, 0.2) is 6.20 Å². The third-order valence-electron chi connectivity index (χ3n) is 2.57. The number of aromatic nitrogens is 1. The van der Waals surface area contributed by atoms with Gasteiger partial charge in [-0.1, -0.05) is 0 Å². The van der Waals surface area contributed by atoms with Crippen LogP contribution >= 0.6 is 11.3 Å². The summed E-state index contributed by atoms with van der Waals surface area (Å²) >= 11 is 1.66. The molecular formula is C10H17N3OS. The largest absolute Gasteiger partial charge is 0.376 e. The molecule has 0 radical (unpaired) electrons. The fraction of sp³-hybridized carbons (Fsp3) is 0.700. The first-order valence-corrected chi connectivity index (χ1v) is 6.08. The molecule has 0 saturated carbocycles. The monoisotopic (exact) mass is 227 g/mol. The quantitative estimate of drug-likeness (QED) is 0.840. The van der Waals surface area contributed by atoms with E-state index in [1.807, 2.05) is 6.20 Å². The van der Waals surface area contributed by atoms with E-state index in [4.69, 9.17) is 10.5 Å². The van der Waals surface area contributed by atoms with E-state index in [1.165, 1.54) is 12.8 Å². The molecule has 0 spiro atoms. The van der Waals surface area contributed by atoms with Gasteiger partial charge in [-0.05, 0) is 12.8 Å². The molecule has 5 heteroatoms. The van der Waals surface area contributed by atoms with Gasteiger partial charge >= 0.3 is 0 Å². The lowest BCUT2D eigenvalue weighted by atomic mass is 10.2. The van der Waals surface area contributed by atoms with Crippen molar-refractivity contribution in [2.75, 3.05) is 25.1 Å². The van der Waals surface area contributed by atoms with Crippen LogP contribution in [0, 0.1) is 0 Å². The van der Waals surface area contributed by atoms with Crippen LogP contribution in [0.25, 0.3) is 0 Å². The third-order valence-corrected chi connectivity index (χ3v) is 3.70. The van der Waals surface area contributed by atoms with Crippen molar-refractivity contribution in [2.45, 2.75) is 25.5 Å². The van der Waals surface area contributed by atoms with Crippen LogP contribution in [-0.2, 0) is 11.3 Å². The predicted octanol–water partition coefficient (Wildman–Crippen LogP) is 1.22. The smallest absolute Gasteiger partial charge is 0.185 e. The standard InChI is InChI=1S/C10H17N3OS/c1-13(7-8-3-2-4-14-8)10-12-6-9(5-11)15-10/h6,8H,2-5,7,11H2,1H3. The number of nitrogens with zero attached hydrogens (tertiary/aromatic N) is 2. The molecule has 1 aliphatic heterocycles. The van der Waals surface area contributed by atoms with Gasteiger partial charge in [0.05, 0.1) is 6.10 Å². The van der Waals surface area contributed by atoms with Crippen molar-refractivity contribution in [1.29, 1.82) is 0 Å². The highest BCUT2D eigenvalue weighted by atomic mass is 32.1. The van der Waals surface area contributed by atoms with E-state index in [-0.39, 0.29) is 0 Å². The van der Waals surface area contributed by atoms with E-state index in [0.717, 1.165) is 23.2 Å². The van der Waals surface area contributed by atoms with Gasteiger partial charge in [0.15, 0.2) is 5.13 Å². The Balaban J connectivity index is 1.91. The molecule has 1 aromatic heterocycles. The number of anilines is 1. The highest BCUT2D eigenvalue weighted by molar-refractivity contribution is 7.15. The van der Waals surface area contributed by atoms with Crippen molar-refractivity contribution in [2.24, 2.45) is 5.73 Å². The number of nitrogens with two attached hydrogens (primary N) is 1. The Hall–Kier alpha value is -0.650. The summed E-state index contributed by atoms with van der Waals surface area (Å²) in [5, 5.41) is 1.03. The minimum atomic E-state index is 0.375. The maximum atomic E-state index is 5.59. The minimum Gasteiger partial charge on any atom is -0.376 e. The number of rotatable bonds is 4. The van der Waals surface area contributed by atoms with E-state index >= 15 is 0 Å². The second kappa shape index (κ2) is 4.92. The molecule has 2 heterocycles. The normalized spacial score (nSPS) is 20.8. The lowest BCUT2D eigenvalue weighted by molar-refractivity contribution is 0.116. The summed E-state index contributed by atoms with van der Waals surface area (Å²) in [6.07, 6.45) is 4.58. The molecular weight excluding hydrogens is 210 g/mol. The first kappa shape index (κ1) is 10.9. The van der Waals surface area contributed by atoms with Crippen molar-refractivity contribution < 1.29 is 4.74 Å². The van der Waals surface area contributed by atoms with Crippen LogP contribution in [0.2, 0.25) is 0 Å². The molecule has 2 N–H and O–H groups in total. The number of hydrogen-bond acceptors (Lipinski definition) is 5. The average Bonchev–Trinajstić information content (AvgIpc) is 2.86. The summed E-state index contributed by atoms with van der Waals surface area (Å²) in [5.41, 5.74) is 5.55. The summed E-state index contributed by atoms with van der Waals surface area (Å²) < 4.78 is 5.59. The SMILES string of the molecule is CN(CC1CCCO1)c1ncc(CN)s1. The van der Waals surface area contributed by atoms with Crippen LogP contribution in [0.1, 0.15) is 17.7 Å². The summed E-state index contributed by atoms with van der Waals surface area (Å²) in [6, 6.07) is 0. The summed E-state index contributed by atoms with van der Waals surface area (Å²) in [7, 11) is 2.06. The Morgan fingerprint density at radius 2 is 2.60 bits per heavy atom. The van der Waals surface area contributed by atoms with Gasteiger partial charge in [0, 0.05) is 37.8 Å². The topological polar surface area (TPSA) is 51.4 Å². The zero-order chi connectivity index (χ0) is 10.7. The van der Waals surface area contributed by atoms with Gasteiger partial charge in [0.1, 0.15) is 0 Å². The number of hydrogen-bond donors (Lipinski definition) is 1. The van der Waals surface area contributed by atoms with Crippen LogP contribution in [0.4, 0.5) is 5.13 Å². The van der Waals surface area contributed by atoms with Crippen LogP contribution in [0.5, 0.6) is 0 Å². The Bertz CT molecular complexity index is 309. The van der Waals surface area contributed by atoms with Gasteiger partial charge in [0.2, 0.25) is 0 Å². The molecule has 84 valence electrons. The first-order chi connectivity index (χ1) is 7.29. The van der Waals surface area contributed by atoms with Gasteiger partial charge in [-0.25, -0.2) is 4.98 Å². The fourth-order valence-corrected chi connectivity index (χ4v) is 2.50. The fourth-order valence-electron chi connectivity index (χ4n) is 1.74. The number of likely N-dealkylation sites (N-methyl/N-ethyl adjacent to an activating group) is 1. The van der Waals surface area contributed by atoms with Crippen molar-refractivity contribution in [3.8, 4) is 0 Å². The maximum absolute atomic E-state index is 5.59. The van der Waals surface area contributed by atoms with Gasteiger partial charge in [0.25, 0.3) is 0 Å². The number of thiazole rings is 1. The summed E-state index contributed by atoms with van der Waals surface area (Å²) in [4.78, 5) is 7.62. The van der Waals surface area contributed by atoms with Crippen LogP contribution in [-0.4, -0.2) is 31.3 Å². The van der Waals surface area contributed by atoms with Gasteiger partial charge in [-0.2, -0.15) is 0 Å². The summed E-state index contributed by atoms with van der Waals surface area (Å²) in [5.74, 6) is 0. The van der Waals surface area contributed by atoms with Crippen molar-refractivity contribution in [3.05, 3.63) is 11.1 Å². The van der Waals surface area contributed by atoms with E-state index in [9.17, 15) is 0 Å². The van der Waals surface area contributed by atoms with Crippen LogP contribution < -0.4 is 10.6 Å². The van der Waals surface area contributed by atoms with Gasteiger partial charge in [-0.15, -0.1) is 11.3 Å². The second-order valence-corrected chi connectivity index (χ2v) is 4.92. The molecule has 1 unspecified atom stereocenters. The van der Waals surface area contributed by atoms with Gasteiger partial charge < -0.3 is 15.4 Å². The highest BCUT2D eigenvalue weighted by Crippen LogP contribution is 2.22. The predicted molar refractivity (Wildman–Crippen MR) is 62.2 cm³/mol. The third kappa shape index (κ3) is 2.68. The molecule has 0 amide bonds. The molecule has 0 aliphatic carbocycles. The van der Waals surface area contributed by atoms with E-state index in [1.54, 1.807) is 11.3 Å². The van der Waals surface area contributed by atoms with E-state index < -0.39 is 0 Å². The Morgan fingerprint density at radius 1 is 1.73 bits per heavy atom. The van der Waals surface area contributed by atoms with E-state index in [2.05, 4.69) is 16.9 Å². The van der Waals surface area contributed by atoms with Gasteiger partial charge in [-0.3, -0.25) is 0 Å². The average molecular weight is 227 g/mol. The first-order valence-electron chi connectivity index (χ1n) is 5.27. The van der Waals surface area contributed by atoms with Crippen molar-refractivity contribution >= 4 is 16.5 Å². The Kier molecular flexibility index (Phi) is 3.56. The molecule has 1 atom stereocenters. The van der Waals surface area contributed by atoms with Crippen LogP contribution in [0.3, 0.4) is 0 Å². The zero-order valence-corrected chi connectivity index (χ0v) is 9.80. The second-order valence-electron chi connectivity index (χ2n) is 3.83. The molecule has 0 bridgehead atoms. The molecule has 1 aliphatic rings.